The van der Waals surface area contributed by atoms with Gasteiger partial charge in [-0.1, -0.05) is 18.2 Å². The van der Waals surface area contributed by atoms with Crippen molar-refractivity contribution in [2.45, 2.75) is 12.1 Å². The molecule has 0 unspecified atom stereocenters. The Hall–Kier alpha value is -1.56. The second kappa shape index (κ2) is 4.61. The van der Waals surface area contributed by atoms with Crippen LogP contribution in [0.3, 0.4) is 0 Å². The molecule has 6 heteroatoms. The molecule has 0 radical (unpaired) electrons. The van der Waals surface area contributed by atoms with Gasteiger partial charge in [0.25, 0.3) is 0 Å². The fourth-order valence-electron chi connectivity index (χ4n) is 2.23. The van der Waals surface area contributed by atoms with Crippen molar-refractivity contribution >= 4 is 5.97 Å². The summed E-state index contributed by atoms with van der Waals surface area (Å²) in [6.45, 7) is 0.675. The third-order valence-electron chi connectivity index (χ3n) is 3.17. The number of carboxylic acid groups (broad SMARTS) is 1. The molecule has 0 amide bonds. The maximum absolute atomic E-state index is 12.6. The molecular formula is C12H12F3NO2. The normalized spacial score (nSPS) is 24.2. The molecular weight excluding hydrogens is 247 g/mol. The number of nitrogens with one attached hydrogen (secondary N) is 1. The van der Waals surface area contributed by atoms with Crippen LogP contribution in [-0.2, 0) is 11.0 Å². The van der Waals surface area contributed by atoms with E-state index < -0.39 is 29.5 Å². The lowest BCUT2D eigenvalue weighted by Crippen LogP contribution is -2.21. The summed E-state index contributed by atoms with van der Waals surface area (Å²) >= 11 is 0. The van der Waals surface area contributed by atoms with Crippen LogP contribution in [0.1, 0.15) is 17.0 Å². The Morgan fingerprint density at radius 1 is 1.33 bits per heavy atom. The van der Waals surface area contributed by atoms with Gasteiger partial charge in [-0.25, -0.2) is 0 Å². The zero-order valence-corrected chi connectivity index (χ0v) is 9.37. The minimum Gasteiger partial charge on any atom is -0.481 e. The Kier molecular flexibility index (Phi) is 3.30. The number of carbonyl (C=O) groups is 1. The minimum absolute atomic E-state index is 0.288. The van der Waals surface area contributed by atoms with E-state index in [1.165, 1.54) is 6.07 Å². The zero-order chi connectivity index (χ0) is 13.3. The van der Waals surface area contributed by atoms with Crippen LogP contribution in [0.15, 0.2) is 24.3 Å². The highest BCUT2D eigenvalue weighted by Gasteiger charge is 2.36. The van der Waals surface area contributed by atoms with Crippen molar-refractivity contribution in [2.75, 3.05) is 13.1 Å². The van der Waals surface area contributed by atoms with Gasteiger partial charge in [-0.15, -0.1) is 0 Å². The largest absolute Gasteiger partial charge is 0.481 e. The standard InChI is InChI=1S/C12H12F3NO2/c13-12(14,15)8-3-1-2-7(4-8)9-5-16-6-10(9)11(17)18/h1-4,9-10,16H,5-6H2,(H,17,18)/t9-,10+/m1/s1. The van der Waals surface area contributed by atoms with Crippen LogP contribution in [0.4, 0.5) is 13.2 Å². The van der Waals surface area contributed by atoms with E-state index in [0.717, 1.165) is 12.1 Å². The average molecular weight is 259 g/mol. The predicted molar refractivity (Wildman–Crippen MR) is 58.2 cm³/mol. The molecule has 98 valence electrons. The van der Waals surface area contributed by atoms with Crippen LogP contribution in [0, 0.1) is 5.92 Å². The highest BCUT2D eigenvalue weighted by atomic mass is 19.4. The summed E-state index contributed by atoms with van der Waals surface area (Å²) < 4.78 is 37.7. The Morgan fingerprint density at radius 3 is 2.67 bits per heavy atom. The van der Waals surface area contributed by atoms with Crippen molar-refractivity contribution in [3.05, 3.63) is 35.4 Å². The molecule has 0 aliphatic carbocycles. The quantitative estimate of drug-likeness (QED) is 0.855. The molecule has 2 N–H and O–H groups in total. The molecule has 0 aromatic heterocycles. The smallest absolute Gasteiger partial charge is 0.416 e. The molecule has 1 saturated heterocycles. The number of alkyl halides is 3. The van der Waals surface area contributed by atoms with Gasteiger partial charge in [-0.3, -0.25) is 4.79 Å². The van der Waals surface area contributed by atoms with E-state index in [2.05, 4.69) is 5.32 Å². The Bertz CT molecular complexity index is 459. The van der Waals surface area contributed by atoms with Crippen LogP contribution >= 0.6 is 0 Å². The molecule has 0 bridgehead atoms. The van der Waals surface area contributed by atoms with Crippen molar-refractivity contribution in [1.29, 1.82) is 0 Å². The van der Waals surface area contributed by atoms with E-state index in [4.69, 9.17) is 5.11 Å². The molecule has 1 aromatic rings. The first kappa shape index (κ1) is 12.9. The van der Waals surface area contributed by atoms with Gasteiger partial charge in [0.15, 0.2) is 0 Å². The number of benzene rings is 1. The van der Waals surface area contributed by atoms with Crippen LogP contribution in [0.25, 0.3) is 0 Å². The van der Waals surface area contributed by atoms with Crippen LogP contribution in [0.5, 0.6) is 0 Å². The van der Waals surface area contributed by atoms with E-state index in [1.54, 1.807) is 6.07 Å². The van der Waals surface area contributed by atoms with Gasteiger partial charge in [-0.05, 0) is 11.6 Å². The lowest BCUT2D eigenvalue weighted by atomic mass is 9.88. The van der Waals surface area contributed by atoms with Crippen LogP contribution in [-0.4, -0.2) is 24.2 Å². The lowest BCUT2D eigenvalue weighted by Gasteiger charge is -2.16. The molecule has 0 saturated carbocycles. The van der Waals surface area contributed by atoms with Gasteiger partial charge in [0.05, 0.1) is 11.5 Å². The molecule has 1 aromatic carbocycles. The molecule has 1 aliphatic heterocycles. The van der Waals surface area contributed by atoms with Crippen molar-refractivity contribution in [3.63, 3.8) is 0 Å². The Labute approximate surface area is 102 Å². The van der Waals surface area contributed by atoms with Gasteiger partial charge in [0.1, 0.15) is 0 Å². The molecule has 1 aliphatic rings. The zero-order valence-electron chi connectivity index (χ0n) is 9.37. The van der Waals surface area contributed by atoms with Gasteiger partial charge in [0, 0.05) is 19.0 Å². The summed E-state index contributed by atoms with van der Waals surface area (Å²) in [6.07, 6.45) is -4.40. The average Bonchev–Trinajstić information content (AvgIpc) is 2.77. The number of hydrogen-bond donors (Lipinski definition) is 2. The second-order valence-electron chi connectivity index (χ2n) is 4.33. The summed E-state index contributed by atoms with van der Waals surface area (Å²) in [4.78, 5) is 11.0. The van der Waals surface area contributed by atoms with Gasteiger partial charge in [-0.2, -0.15) is 13.2 Å². The van der Waals surface area contributed by atoms with E-state index in [0.29, 0.717) is 12.1 Å². The lowest BCUT2D eigenvalue weighted by molar-refractivity contribution is -0.141. The van der Waals surface area contributed by atoms with E-state index in [9.17, 15) is 18.0 Å². The van der Waals surface area contributed by atoms with E-state index >= 15 is 0 Å². The maximum atomic E-state index is 12.6. The van der Waals surface area contributed by atoms with Crippen molar-refractivity contribution in [3.8, 4) is 0 Å². The number of rotatable bonds is 2. The Morgan fingerprint density at radius 2 is 2.06 bits per heavy atom. The Balaban J connectivity index is 2.31. The summed E-state index contributed by atoms with van der Waals surface area (Å²) in [5, 5.41) is 11.9. The topological polar surface area (TPSA) is 49.3 Å². The fraction of sp³-hybridized carbons (Fsp3) is 0.417. The fourth-order valence-corrected chi connectivity index (χ4v) is 2.23. The summed E-state index contributed by atoms with van der Waals surface area (Å²) in [7, 11) is 0. The molecule has 18 heavy (non-hydrogen) atoms. The number of hydrogen-bond acceptors (Lipinski definition) is 2. The van der Waals surface area contributed by atoms with Crippen LogP contribution in [0.2, 0.25) is 0 Å². The molecule has 1 heterocycles. The first-order valence-corrected chi connectivity index (χ1v) is 5.50. The third-order valence-corrected chi connectivity index (χ3v) is 3.17. The summed E-state index contributed by atoms with van der Waals surface area (Å²) in [6, 6.07) is 4.88. The molecule has 1 fully saturated rings. The van der Waals surface area contributed by atoms with E-state index in [-0.39, 0.29) is 6.54 Å². The molecule has 2 rings (SSSR count). The van der Waals surface area contributed by atoms with Gasteiger partial charge < -0.3 is 10.4 Å². The first-order chi connectivity index (χ1) is 8.39. The van der Waals surface area contributed by atoms with Gasteiger partial charge in [0.2, 0.25) is 0 Å². The highest BCUT2D eigenvalue weighted by Crippen LogP contribution is 2.34. The number of aliphatic carboxylic acids is 1. The molecule has 0 spiro atoms. The number of carboxylic acids is 1. The van der Waals surface area contributed by atoms with E-state index in [1.807, 2.05) is 0 Å². The van der Waals surface area contributed by atoms with Gasteiger partial charge >= 0.3 is 12.1 Å². The van der Waals surface area contributed by atoms with Crippen molar-refractivity contribution < 1.29 is 23.1 Å². The molecule has 3 nitrogen and oxygen atoms in total. The first-order valence-electron chi connectivity index (χ1n) is 5.50. The van der Waals surface area contributed by atoms with Crippen molar-refractivity contribution in [1.82, 2.24) is 5.32 Å². The minimum atomic E-state index is -4.40. The maximum Gasteiger partial charge on any atom is 0.416 e. The number of halogens is 3. The summed E-state index contributed by atoms with van der Waals surface area (Å²) in [5.74, 6) is -2.07. The highest BCUT2D eigenvalue weighted by molar-refractivity contribution is 5.72. The van der Waals surface area contributed by atoms with Crippen molar-refractivity contribution in [2.24, 2.45) is 5.92 Å². The molecule has 2 atom stereocenters. The third kappa shape index (κ3) is 2.48. The van der Waals surface area contributed by atoms with Crippen LogP contribution < -0.4 is 5.32 Å². The monoisotopic (exact) mass is 259 g/mol. The SMILES string of the molecule is O=C(O)[C@H]1CNC[C@@H]1c1cccc(C(F)(F)F)c1. The second-order valence-corrected chi connectivity index (χ2v) is 4.33. The predicted octanol–water partition coefficient (Wildman–Crippen LogP) is 2.09. The summed E-state index contributed by atoms with van der Waals surface area (Å²) in [5.41, 5.74) is -0.321.